The van der Waals surface area contributed by atoms with Gasteiger partial charge in [-0.2, -0.15) is 0 Å². The van der Waals surface area contributed by atoms with Crippen LogP contribution in [-0.4, -0.2) is 23.7 Å². The van der Waals surface area contributed by atoms with Gasteiger partial charge < -0.3 is 15.2 Å². The van der Waals surface area contributed by atoms with Gasteiger partial charge in [-0.1, -0.05) is 6.07 Å². The van der Waals surface area contributed by atoms with Crippen LogP contribution in [0.1, 0.15) is 11.8 Å². The molecule has 2 aromatic rings. The Bertz CT molecular complexity index is 471. The van der Waals surface area contributed by atoms with Crippen LogP contribution in [0.15, 0.2) is 48.7 Å². The van der Waals surface area contributed by atoms with E-state index < -0.39 is 6.10 Å². The van der Waals surface area contributed by atoms with Crippen LogP contribution in [0.3, 0.4) is 0 Å². The van der Waals surface area contributed by atoms with E-state index in [0.29, 0.717) is 12.2 Å². The maximum Gasteiger partial charge on any atom is 0.119 e. The van der Waals surface area contributed by atoms with Gasteiger partial charge in [-0.15, -0.1) is 0 Å². The lowest BCUT2D eigenvalue weighted by atomic mass is 10.2. The second-order valence-electron chi connectivity index (χ2n) is 3.88. The van der Waals surface area contributed by atoms with Crippen molar-refractivity contribution in [1.29, 1.82) is 0 Å². The Morgan fingerprint density at radius 2 is 2.00 bits per heavy atom. The number of methoxy groups -OCH3 is 1. The molecule has 0 aliphatic heterocycles. The fourth-order valence-electron chi connectivity index (χ4n) is 1.60. The molecule has 2 rings (SSSR count). The van der Waals surface area contributed by atoms with Gasteiger partial charge in [0.15, 0.2) is 0 Å². The number of benzene rings is 1. The van der Waals surface area contributed by atoms with Crippen LogP contribution in [-0.2, 0) is 0 Å². The van der Waals surface area contributed by atoms with Crippen molar-refractivity contribution < 1.29 is 9.84 Å². The van der Waals surface area contributed by atoms with Gasteiger partial charge in [-0.05, 0) is 36.4 Å². The van der Waals surface area contributed by atoms with Crippen LogP contribution in [0, 0.1) is 0 Å². The molecule has 18 heavy (non-hydrogen) atoms. The van der Waals surface area contributed by atoms with E-state index in [4.69, 9.17) is 4.74 Å². The maximum atomic E-state index is 9.93. The number of rotatable bonds is 5. The van der Waals surface area contributed by atoms with E-state index in [2.05, 4.69) is 10.3 Å². The number of nitrogens with zero attached hydrogens (tertiary/aromatic N) is 1. The molecule has 94 valence electrons. The molecule has 0 aliphatic carbocycles. The van der Waals surface area contributed by atoms with E-state index in [1.54, 1.807) is 19.4 Å². The van der Waals surface area contributed by atoms with Gasteiger partial charge in [0.05, 0.1) is 12.8 Å². The fourth-order valence-corrected chi connectivity index (χ4v) is 1.60. The molecule has 0 fully saturated rings. The van der Waals surface area contributed by atoms with Gasteiger partial charge in [-0.3, -0.25) is 4.98 Å². The Balaban J connectivity index is 1.91. The fraction of sp³-hybridized carbons (Fsp3) is 0.214. The van der Waals surface area contributed by atoms with Gasteiger partial charge in [0.25, 0.3) is 0 Å². The minimum Gasteiger partial charge on any atom is -0.497 e. The van der Waals surface area contributed by atoms with Gasteiger partial charge >= 0.3 is 0 Å². The molecule has 1 aromatic heterocycles. The highest BCUT2D eigenvalue weighted by Gasteiger charge is 2.07. The summed E-state index contributed by atoms with van der Waals surface area (Å²) in [5, 5.41) is 13.1. The smallest absolute Gasteiger partial charge is 0.119 e. The zero-order valence-corrected chi connectivity index (χ0v) is 10.2. The minimum absolute atomic E-state index is 0.420. The Hall–Kier alpha value is -2.07. The van der Waals surface area contributed by atoms with Crippen molar-refractivity contribution in [2.75, 3.05) is 19.0 Å². The number of anilines is 1. The van der Waals surface area contributed by atoms with Gasteiger partial charge in [0.2, 0.25) is 0 Å². The summed E-state index contributed by atoms with van der Waals surface area (Å²) in [6.07, 6.45) is 1.06. The predicted molar refractivity (Wildman–Crippen MR) is 70.7 cm³/mol. The van der Waals surface area contributed by atoms with E-state index in [1.165, 1.54) is 0 Å². The summed E-state index contributed by atoms with van der Waals surface area (Å²) >= 11 is 0. The van der Waals surface area contributed by atoms with Crippen LogP contribution >= 0.6 is 0 Å². The third kappa shape index (κ3) is 3.21. The number of aromatic nitrogens is 1. The molecule has 0 saturated heterocycles. The Morgan fingerprint density at radius 3 is 2.61 bits per heavy atom. The van der Waals surface area contributed by atoms with Crippen LogP contribution in [0.4, 0.5) is 5.69 Å². The van der Waals surface area contributed by atoms with Crippen LogP contribution < -0.4 is 10.1 Å². The van der Waals surface area contributed by atoms with Gasteiger partial charge in [0.1, 0.15) is 11.9 Å². The third-order valence-corrected chi connectivity index (χ3v) is 2.62. The molecule has 0 amide bonds. The first kappa shape index (κ1) is 12.4. The van der Waals surface area contributed by atoms with E-state index in [1.807, 2.05) is 36.4 Å². The van der Waals surface area contributed by atoms with Crippen molar-refractivity contribution >= 4 is 5.69 Å². The molecule has 1 heterocycles. The normalized spacial score (nSPS) is 11.9. The molecule has 0 bridgehead atoms. The third-order valence-electron chi connectivity index (χ3n) is 2.62. The summed E-state index contributed by atoms with van der Waals surface area (Å²) in [4.78, 5) is 4.11. The summed E-state index contributed by atoms with van der Waals surface area (Å²) in [7, 11) is 1.63. The zero-order chi connectivity index (χ0) is 12.8. The van der Waals surface area contributed by atoms with Crippen LogP contribution in [0.5, 0.6) is 5.75 Å². The lowest BCUT2D eigenvalue weighted by Gasteiger charge is -2.12. The monoisotopic (exact) mass is 244 g/mol. The number of hydrogen-bond acceptors (Lipinski definition) is 4. The quantitative estimate of drug-likeness (QED) is 0.847. The number of hydrogen-bond donors (Lipinski definition) is 2. The summed E-state index contributed by atoms with van der Waals surface area (Å²) < 4.78 is 5.08. The largest absolute Gasteiger partial charge is 0.497 e. The number of nitrogens with one attached hydrogen (secondary N) is 1. The second kappa shape index (κ2) is 6.02. The van der Waals surface area contributed by atoms with Crippen molar-refractivity contribution in [2.24, 2.45) is 0 Å². The molecule has 0 aliphatic rings. The summed E-state index contributed by atoms with van der Waals surface area (Å²) in [6.45, 7) is 0.420. The SMILES string of the molecule is COc1ccc(NCC(O)c2ccccn2)cc1. The molecule has 0 radical (unpaired) electrons. The average Bonchev–Trinajstić information content (AvgIpc) is 2.46. The van der Waals surface area contributed by atoms with Crippen molar-refractivity contribution in [2.45, 2.75) is 6.10 Å². The van der Waals surface area contributed by atoms with Crippen molar-refractivity contribution in [1.82, 2.24) is 4.98 Å². The molecular weight excluding hydrogens is 228 g/mol. The average molecular weight is 244 g/mol. The number of pyridine rings is 1. The minimum atomic E-state index is -0.617. The molecule has 1 aromatic carbocycles. The standard InChI is InChI=1S/C14H16N2O2/c1-18-12-7-5-11(6-8-12)16-10-14(17)13-4-2-3-9-15-13/h2-9,14,16-17H,10H2,1H3. The predicted octanol–water partition coefficient (Wildman–Crippen LogP) is 2.24. The van der Waals surface area contributed by atoms with Crippen LogP contribution in [0.25, 0.3) is 0 Å². The Kier molecular flexibility index (Phi) is 4.15. The summed E-state index contributed by atoms with van der Waals surface area (Å²) in [6, 6.07) is 13.0. The van der Waals surface area contributed by atoms with E-state index in [0.717, 1.165) is 11.4 Å². The zero-order valence-electron chi connectivity index (χ0n) is 10.2. The summed E-state index contributed by atoms with van der Waals surface area (Å²) in [5.74, 6) is 0.811. The lowest BCUT2D eigenvalue weighted by molar-refractivity contribution is 0.187. The molecule has 0 spiro atoms. The molecular formula is C14H16N2O2. The highest BCUT2D eigenvalue weighted by atomic mass is 16.5. The number of aliphatic hydroxyl groups excluding tert-OH is 1. The molecule has 1 unspecified atom stereocenters. The first-order chi connectivity index (χ1) is 8.79. The van der Waals surface area contributed by atoms with Crippen molar-refractivity contribution in [3.63, 3.8) is 0 Å². The lowest BCUT2D eigenvalue weighted by Crippen LogP contribution is -2.13. The highest BCUT2D eigenvalue weighted by Crippen LogP contribution is 2.16. The van der Waals surface area contributed by atoms with E-state index in [9.17, 15) is 5.11 Å². The van der Waals surface area contributed by atoms with Gasteiger partial charge in [0, 0.05) is 18.4 Å². The van der Waals surface area contributed by atoms with Gasteiger partial charge in [-0.25, -0.2) is 0 Å². The maximum absolute atomic E-state index is 9.93. The molecule has 1 atom stereocenters. The molecule has 4 heteroatoms. The Morgan fingerprint density at radius 1 is 1.22 bits per heavy atom. The molecule has 4 nitrogen and oxygen atoms in total. The van der Waals surface area contributed by atoms with E-state index in [-0.39, 0.29) is 0 Å². The molecule has 0 saturated carbocycles. The van der Waals surface area contributed by atoms with Crippen molar-refractivity contribution in [3.8, 4) is 5.75 Å². The number of ether oxygens (including phenoxy) is 1. The summed E-state index contributed by atoms with van der Waals surface area (Å²) in [5.41, 5.74) is 1.60. The Labute approximate surface area is 106 Å². The topological polar surface area (TPSA) is 54.4 Å². The van der Waals surface area contributed by atoms with Crippen molar-refractivity contribution in [3.05, 3.63) is 54.4 Å². The molecule has 2 N–H and O–H groups in total. The second-order valence-corrected chi connectivity index (χ2v) is 3.88. The first-order valence-corrected chi connectivity index (χ1v) is 5.76. The highest BCUT2D eigenvalue weighted by molar-refractivity contribution is 5.46. The van der Waals surface area contributed by atoms with E-state index >= 15 is 0 Å². The van der Waals surface area contributed by atoms with Crippen LogP contribution in [0.2, 0.25) is 0 Å². The first-order valence-electron chi connectivity index (χ1n) is 5.76. The number of aliphatic hydroxyl groups is 1.